The maximum Gasteiger partial charge on any atom is 0.426 e. The number of anilines is 2. The van der Waals surface area contributed by atoms with Crippen LogP contribution in [0.25, 0.3) is 0 Å². The zero-order valence-electron chi connectivity index (χ0n) is 16.0. The lowest BCUT2D eigenvalue weighted by molar-refractivity contribution is -0.242. The summed E-state index contributed by atoms with van der Waals surface area (Å²) in [7, 11) is -3.79. The fourth-order valence-electron chi connectivity index (χ4n) is 2.58. The Morgan fingerprint density at radius 1 is 1.28 bits per heavy atom. The van der Waals surface area contributed by atoms with Gasteiger partial charge in [0.05, 0.1) is 39.8 Å². The van der Waals surface area contributed by atoms with E-state index in [0.29, 0.717) is 33.2 Å². The smallest absolute Gasteiger partial charge is 0.378 e. The van der Waals surface area contributed by atoms with Crippen LogP contribution in [0.2, 0.25) is 5.02 Å². The van der Waals surface area contributed by atoms with Crippen molar-refractivity contribution in [1.82, 2.24) is 0 Å². The molecule has 164 valence electrons. The van der Waals surface area contributed by atoms with Gasteiger partial charge in [0.25, 0.3) is 5.91 Å². The molecule has 1 fully saturated rings. The third-order valence-electron chi connectivity index (χ3n) is 4.58. The summed E-state index contributed by atoms with van der Waals surface area (Å²) < 4.78 is 69.6. The van der Waals surface area contributed by atoms with E-state index < -0.39 is 32.8 Å². The maximum absolute atomic E-state index is 12.9. The van der Waals surface area contributed by atoms with Crippen LogP contribution in [-0.2, 0) is 19.4 Å². The van der Waals surface area contributed by atoms with Gasteiger partial charge in [-0.3, -0.25) is 4.79 Å². The van der Waals surface area contributed by atoms with Gasteiger partial charge in [-0.05, 0) is 32.9 Å². The van der Waals surface area contributed by atoms with Gasteiger partial charge in [-0.1, -0.05) is 11.6 Å². The molecule has 1 unspecified atom stereocenters. The van der Waals surface area contributed by atoms with E-state index in [1.54, 1.807) is 4.90 Å². The first kappa shape index (κ1) is 23.7. The van der Waals surface area contributed by atoms with Gasteiger partial charge in [-0.15, -0.1) is 0 Å². The molecule has 1 amide bonds. The fraction of sp³-hybridized carbons (Fsp3) is 0.588. The molecule has 0 saturated carbocycles. The zero-order valence-corrected chi connectivity index (χ0v) is 17.6. The van der Waals surface area contributed by atoms with E-state index in [1.807, 2.05) is 5.32 Å². The average Bonchev–Trinajstić information content (AvgIpc) is 2.62. The Morgan fingerprint density at radius 3 is 2.31 bits per heavy atom. The minimum atomic E-state index is -5.21. The van der Waals surface area contributed by atoms with Gasteiger partial charge >= 0.3 is 6.18 Å². The fourth-order valence-corrected chi connectivity index (χ4v) is 4.24. The Morgan fingerprint density at radius 2 is 1.83 bits per heavy atom. The van der Waals surface area contributed by atoms with Crippen LogP contribution in [0.1, 0.15) is 20.8 Å². The van der Waals surface area contributed by atoms with E-state index in [0.717, 1.165) is 6.07 Å². The number of ether oxygens (including phenoxy) is 1. The number of morpholine rings is 1. The Hall–Kier alpha value is -1.56. The van der Waals surface area contributed by atoms with Gasteiger partial charge in [0.2, 0.25) is 5.60 Å². The lowest BCUT2D eigenvalue weighted by atomic mass is 10.1. The van der Waals surface area contributed by atoms with Gasteiger partial charge in [0, 0.05) is 13.1 Å². The summed E-state index contributed by atoms with van der Waals surface area (Å²) in [5.41, 5.74) is -3.82. The van der Waals surface area contributed by atoms with Crippen molar-refractivity contribution in [2.75, 3.05) is 36.5 Å². The molecule has 1 aliphatic rings. The van der Waals surface area contributed by atoms with Crippen molar-refractivity contribution in [3.63, 3.8) is 0 Å². The van der Waals surface area contributed by atoms with E-state index >= 15 is 0 Å². The average molecular weight is 459 g/mol. The highest BCUT2D eigenvalue weighted by Gasteiger charge is 2.55. The molecule has 0 radical (unpaired) electrons. The highest BCUT2D eigenvalue weighted by molar-refractivity contribution is 7.92. The van der Waals surface area contributed by atoms with Crippen molar-refractivity contribution in [2.24, 2.45) is 0 Å². The topological polar surface area (TPSA) is 95.9 Å². The van der Waals surface area contributed by atoms with Crippen LogP contribution in [0.4, 0.5) is 24.5 Å². The number of sulfone groups is 1. The summed E-state index contributed by atoms with van der Waals surface area (Å²) in [6.45, 7) is 4.51. The van der Waals surface area contributed by atoms with Crippen LogP contribution in [0, 0.1) is 0 Å². The molecule has 1 heterocycles. The molecule has 0 aliphatic carbocycles. The lowest BCUT2D eigenvalue weighted by Gasteiger charge is -2.32. The van der Waals surface area contributed by atoms with Crippen LogP contribution in [-0.4, -0.2) is 62.8 Å². The normalized spacial score (nSPS) is 17.9. The molecular weight excluding hydrogens is 437 g/mol. The monoisotopic (exact) mass is 458 g/mol. The van der Waals surface area contributed by atoms with Gasteiger partial charge in [0.1, 0.15) is 0 Å². The SMILES string of the molecule is CC(C)S(=O)(=O)c1ccc(NC(=O)C(C)(O)C(F)(F)F)c(Cl)c1N1CCOCC1. The van der Waals surface area contributed by atoms with Crippen LogP contribution < -0.4 is 10.2 Å². The lowest BCUT2D eigenvalue weighted by Crippen LogP contribution is -2.52. The summed E-state index contributed by atoms with van der Waals surface area (Å²) in [6.07, 6.45) is -5.21. The second-order valence-electron chi connectivity index (χ2n) is 6.99. The molecule has 1 saturated heterocycles. The van der Waals surface area contributed by atoms with Gasteiger partial charge < -0.3 is 20.1 Å². The van der Waals surface area contributed by atoms with Crippen LogP contribution >= 0.6 is 11.6 Å². The third-order valence-corrected chi connectivity index (χ3v) is 7.14. The molecule has 1 aromatic carbocycles. The first-order valence-electron chi connectivity index (χ1n) is 8.71. The Labute approximate surface area is 171 Å². The molecule has 1 aromatic rings. The number of halogens is 4. The van der Waals surface area contributed by atoms with E-state index in [4.69, 9.17) is 16.3 Å². The molecule has 29 heavy (non-hydrogen) atoms. The predicted octanol–water partition coefficient (Wildman–Crippen LogP) is 2.61. The maximum atomic E-state index is 12.9. The molecule has 2 rings (SSSR count). The number of amides is 1. The largest absolute Gasteiger partial charge is 0.426 e. The number of nitrogens with zero attached hydrogens (tertiary/aromatic N) is 1. The van der Waals surface area contributed by atoms with Crippen molar-refractivity contribution in [3.05, 3.63) is 17.2 Å². The number of rotatable bonds is 5. The highest BCUT2D eigenvalue weighted by atomic mass is 35.5. The third kappa shape index (κ3) is 4.62. The minimum Gasteiger partial charge on any atom is -0.378 e. The zero-order chi connectivity index (χ0) is 22.2. The van der Waals surface area contributed by atoms with Gasteiger partial charge in [-0.2, -0.15) is 13.2 Å². The van der Waals surface area contributed by atoms with Crippen molar-refractivity contribution in [3.8, 4) is 0 Å². The second-order valence-corrected chi connectivity index (χ2v) is 9.84. The van der Waals surface area contributed by atoms with Crippen LogP contribution in [0.3, 0.4) is 0 Å². The summed E-state index contributed by atoms with van der Waals surface area (Å²) in [5.74, 6) is -1.74. The Bertz CT molecular complexity index is 882. The van der Waals surface area contributed by atoms with Crippen molar-refractivity contribution in [1.29, 1.82) is 0 Å². The molecule has 7 nitrogen and oxygen atoms in total. The standard InChI is InChI=1S/C17H22ClF3N2O5S/c1-10(2)29(26,27)12-5-4-11(22-15(24)16(3,25)17(19,20)21)13(18)14(12)23-6-8-28-9-7-23/h4-5,10,25H,6-9H2,1-3H3,(H,22,24). The molecule has 12 heteroatoms. The number of aliphatic hydroxyl groups is 1. The number of carbonyl (C=O) groups excluding carboxylic acids is 1. The van der Waals surface area contributed by atoms with E-state index in [2.05, 4.69) is 0 Å². The number of alkyl halides is 3. The van der Waals surface area contributed by atoms with E-state index in [9.17, 15) is 31.5 Å². The van der Waals surface area contributed by atoms with Gasteiger partial charge in [0.15, 0.2) is 9.84 Å². The molecule has 0 spiro atoms. The van der Waals surface area contributed by atoms with E-state index in [-0.39, 0.29) is 21.3 Å². The molecule has 1 atom stereocenters. The first-order chi connectivity index (χ1) is 13.2. The minimum absolute atomic E-state index is 0.0770. The highest BCUT2D eigenvalue weighted by Crippen LogP contribution is 2.41. The summed E-state index contributed by atoms with van der Waals surface area (Å²) in [5, 5.41) is 10.5. The first-order valence-corrected chi connectivity index (χ1v) is 10.6. The van der Waals surface area contributed by atoms with Crippen LogP contribution in [0.15, 0.2) is 17.0 Å². The number of hydrogen-bond acceptors (Lipinski definition) is 6. The predicted molar refractivity (Wildman–Crippen MR) is 102 cm³/mol. The van der Waals surface area contributed by atoms with E-state index in [1.165, 1.54) is 19.9 Å². The molecule has 2 N–H and O–H groups in total. The Kier molecular flexibility index (Phi) is 6.78. The van der Waals surface area contributed by atoms with Crippen molar-refractivity contribution in [2.45, 2.75) is 42.7 Å². The molecule has 0 bridgehead atoms. The summed E-state index contributed by atoms with van der Waals surface area (Å²) in [4.78, 5) is 13.6. The van der Waals surface area contributed by atoms with Gasteiger partial charge in [-0.25, -0.2) is 8.42 Å². The molecule has 1 aliphatic heterocycles. The quantitative estimate of drug-likeness (QED) is 0.704. The van der Waals surface area contributed by atoms with Crippen molar-refractivity contribution < 1.29 is 36.2 Å². The second kappa shape index (κ2) is 8.29. The number of hydrogen-bond donors (Lipinski definition) is 2. The van der Waals surface area contributed by atoms with Crippen molar-refractivity contribution >= 4 is 38.7 Å². The number of carbonyl (C=O) groups is 1. The number of benzene rings is 1. The summed E-state index contributed by atoms with van der Waals surface area (Å²) in [6, 6.07) is 2.29. The summed E-state index contributed by atoms with van der Waals surface area (Å²) >= 11 is 6.34. The molecular formula is C17H22ClF3N2O5S. The Balaban J connectivity index is 2.56. The number of nitrogens with one attached hydrogen (secondary N) is 1. The molecule has 0 aromatic heterocycles. The van der Waals surface area contributed by atoms with Crippen LogP contribution in [0.5, 0.6) is 0 Å².